The second-order valence-corrected chi connectivity index (χ2v) is 8.20. The van der Waals surface area contributed by atoms with Crippen LogP contribution in [0.25, 0.3) is 0 Å². The van der Waals surface area contributed by atoms with E-state index in [-0.39, 0.29) is 41.7 Å². The van der Waals surface area contributed by atoms with Crippen LogP contribution in [0.4, 0.5) is 0 Å². The molecule has 0 radical (unpaired) electrons. The Balaban J connectivity index is 0.00000288. The number of ether oxygens (including phenoxy) is 1. The van der Waals surface area contributed by atoms with E-state index in [0.717, 1.165) is 16.3 Å². The van der Waals surface area contributed by atoms with Crippen LogP contribution in [-0.2, 0) is 11.2 Å². The van der Waals surface area contributed by atoms with Crippen molar-refractivity contribution in [3.63, 3.8) is 0 Å². The van der Waals surface area contributed by atoms with E-state index in [4.69, 9.17) is 15.6 Å². The minimum absolute atomic E-state index is 0. The molecule has 0 amide bonds. The first-order valence-corrected chi connectivity index (χ1v) is 9.62. The second-order valence-electron chi connectivity index (χ2n) is 4.71. The molecule has 5 nitrogen and oxygen atoms in total. The van der Waals surface area contributed by atoms with Crippen molar-refractivity contribution in [2.75, 3.05) is 0 Å². The van der Waals surface area contributed by atoms with E-state index >= 15 is 0 Å². The van der Waals surface area contributed by atoms with E-state index in [2.05, 4.69) is 45.2 Å². The third-order valence-electron chi connectivity index (χ3n) is 2.99. The number of aliphatic carboxylic acids is 1. The molecular weight excluding hydrogens is 662 g/mol. The summed E-state index contributed by atoms with van der Waals surface area (Å²) in [4.78, 5) is 10.9. The van der Waals surface area contributed by atoms with E-state index in [1.807, 2.05) is 34.7 Å². The first kappa shape index (κ1) is 22.7. The maximum absolute atomic E-state index is 11.3. The van der Waals surface area contributed by atoms with Gasteiger partial charge < -0.3 is 20.7 Å². The maximum Gasteiger partial charge on any atom is 1.00 e. The Labute approximate surface area is 202 Å². The largest absolute Gasteiger partial charge is 1.00 e. The summed E-state index contributed by atoms with van der Waals surface area (Å²) >= 11 is 6.33. The van der Waals surface area contributed by atoms with Crippen LogP contribution in [0.1, 0.15) is 5.56 Å². The Morgan fingerprint density at radius 3 is 2.25 bits per heavy atom. The van der Waals surface area contributed by atoms with Gasteiger partial charge in [0.2, 0.25) is 0 Å². The number of hydrogen-bond acceptors (Lipinski definition) is 4. The molecule has 0 fully saturated rings. The Morgan fingerprint density at radius 1 is 1.17 bits per heavy atom. The zero-order valence-corrected chi connectivity index (χ0v) is 21.0. The van der Waals surface area contributed by atoms with Crippen LogP contribution in [0, 0.1) is 10.7 Å². The third-order valence-corrected chi connectivity index (χ3v) is 5.75. The second kappa shape index (κ2) is 10.1. The van der Waals surface area contributed by atoms with Crippen molar-refractivity contribution in [2.45, 2.75) is 12.5 Å². The minimum atomic E-state index is -1.02. The summed E-state index contributed by atoms with van der Waals surface area (Å²) < 4.78 is 8.33. The van der Waals surface area contributed by atoms with E-state index < -0.39 is 12.0 Å². The number of carboxylic acid groups (broad SMARTS) is 1. The fourth-order valence-electron chi connectivity index (χ4n) is 1.83. The number of benzene rings is 2. The van der Waals surface area contributed by atoms with Gasteiger partial charge >= 0.3 is 35.5 Å². The molecule has 0 aliphatic carbocycles. The fourth-order valence-corrected chi connectivity index (χ4v) is 4.58. The Bertz CT molecular complexity index is 734. The number of carboxylic acids is 1. The maximum atomic E-state index is 11.3. The molecule has 0 spiro atoms. The minimum Gasteiger partial charge on any atom is -0.872 e. The van der Waals surface area contributed by atoms with Gasteiger partial charge in [-0.15, -0.1) is 5.75 Å². The van der Waals surface area contributed by atoms with Gasteiger partial charge in [-0.3, -0.25) is 4.79 Å². The van der Waals surface area contributed by atoms with Crippen LogP contribution < -0.4 is 45.1 Å². The molecule has 2 aromatic rings. The molecule has 0 heterocycles. The van der Waals surface area contributed by atoms with Gasteiger partial charge in [0.15, 0.2) is 0 Å². The molecule has 1 atom stereocenters. The molecule has 2 rings (SSSR count). The smallest absolute Gasteiger partial charge is 0.872 e. The van der Waals surface area contributed by atoms with E-state index in [0.29, 0.717) is 11.5 Å². The SMILES string of the molecule is N[C@H](Cc1c(I)cc(Oc2ccc([O-])cc2I)cc1I)C(=O)O.[Na+]. The summed E-state index contributed by atoms with van der Waals surface area (Å²) in [7, 11) is 0. The Hall–Kier alpha value is 0.660. The quantitative estimate of drug-likeness (QED) is 0.353. The van der Waals surface area contributed by atoms with Crippen LogP contribution in [0.2, 0.25) is 0 Å². The molecule has 0 aliphatic rings. The van der Waals surface area contributed by atoms with Crippen molar-refractivity contribution < 1.29 is 49.3 Å². The van der Waals surface area contributed by atoms with Gasteiger partial charge in [0, 0.05) is 13.6 Å². The number of nitrogens with two attached hydrogens (primary N) is 1. The van der Waals surface area contributed by atoms with Gasteiger partial charge in [-0.05, 0) is 91.5 Å². The monoisotopic (exact) mass is 673 g/mol. The molecule has 3 N–H and O–H groups in total. The van der Waals surface area contributed by atoms with Crippen molar-refractivity contribution >= 4 is 73.7 Å². The molecule has 0 unspecified atom stereocenters. The van der Waals surface area contributed by atoms with E-state index in [1.54, 1.807) is 6.07 Å². The summed E-state index contributed by atoms with van der Waals surface area (Å²) in [6.07, 6.45) is 0.259. The average Bonchev–Trinajstić information content (AvgIpc) is 2.45. The predicted octanol–water partition coefficient (Wildman–Crippen LogP) is 0.325. The predicted molar refractivity (Wildman–Crippen MR) is 110 cm³/mol. The topological polar surface area (TPSA) is 95.6 Å². The molecular formula is C15H11I3NNaO4. The summed E-state index contributed by atoms with van der Waals surface area (Å²) in [5.74, 6) is 0.142. The first-order chi connectivity index (χ1) is 10.8. The van der Waals surface area contributed by atoms with Gasteiger partial charge in [0.1, 0.15) is 17.5 Å². The third kappa shape index (κ3) is 6.13. The van der Waals surface area contributed by atoms with E-state index in [1.165, 1.54) is 12.1 Å². The number of hydrogen-bond donors (Lipinski definition) is 2. The zero-order chi connectivity index (χ0) is 17.1. The number of carbonyl (C=O) groups is 1. The van der Waals surface area contributed by atoms with Crippen LogP contribution >= 0.6 is 67.8 Å². The number of halogens is 3. The van der Waals surface area contributed by atoms with Gasteiger partial charge in [0.05, 0.1) is 3.57 Å². The van der Waals surface area contributed by atoms with Crippen molar-refractivity contribution in [3.8, 4) is 17.2 Å². The van der Waals surface area contributed by atoms with Crippen molar-refractivity contribution in [3.05, 3.63) is 46.6 Å². The standard InChI is InChI=1S/C15H12I3NO4.Na/c16-10-4-8(23-14-2-1-7(20)3-12(14)18)5-11(17)9(10)6-13(19)15(21)22;/h1-5,13,20H,6,19H2,(H,21,22);/q;+1/p-1/t13-;/m1./s1. The Morgan fingerprint density at radius 2 is 1.75 bits per heavy atom. The van der Waals surface area contributed by atoms with Crippen LogP contribution in [-0.4, -0.2) is 17.1 Å². The van der Waals surface area contributed by atoms with Gasteiger partial charge in [-0.2, -0.15) is 0 Å². The van der Waals surface area contributed by atoms with Gasteiger partial charge in [-0.1, -0.05) is 12.1 Å². The molecule has 0 aliphatic heterocycles. The first-order valence-electron chi connectivity index (χ1n) is 6.38. The molecule has 0 bridgehead atoms. The molecule has 122 valence electrons. The molecule has 0 saturated heterocycles. The van der Waals surface area contributed by atoms with Crippen LogP contribution in [0.15, 0.2) is 30.3 Å². The summed E-state index contributed by atoms with van der Waals surface area (Å²) in [5, 5.41) is 20.2. The van der Waals surface area contributed by atoms with Crippen molar-refractivity contribution in [2.24, 2.45) is 5.73 Å². The Kier molecular flexibility index (Phi) is 9.57. The fraction of sp³-hybridized carbons (Fsp3) is 0.133. The molecule has 9 heteroatoms. The normalized spacial score (nSPS) is 11.5. The molecule has 2 aromatic carbocycles. The van der Waals surface area contributed by atoms with Crippen molar-refractivity contribution in [1.82, 2.24) is 0 Å². The summed E-state index contributed by atoms with van der Waals surface area (Å²) in [5.41, 5.74) is 6.50. The summed E-state index contributed by atoms with van der Waals surface area (Å²) in [6, 6.07) is 7.31. The zero-order valence-electron chi connectivity index (χ0n) is 12.6. The van der Waals surface area contributed by atoms with E-state index in [9.17, 15) is 9.90 Å². The van der Waals surface area contributed by atoms with Crippen molar-refractivity contribution in [1.29, 1.82) is 0 Å². The van der Waals surface area contributed by atoms with Crippen LogP contribution in [0.5, 0.6) is 17.2 Å². The molecule has 0 saturated carbocycles. The molecule has 0 aromatic heterocycles. The van der Waals surface area contributed by atoms with Gasteiger partial charge in [0.25, 0.3) is 0 Å². The van der Waals surface area contributed by atoms with Crippen LogP contribution in [0.3, 0.4) is 0 Å². The molecule has 24 heavy (non-hydrogen) atoms. The van der Waals surface area contributed by atoms with Gasteiger partial charge in [-0.25, -0.2) is 0 Å². The average molecular weight is 673 g/mol. The summed E-state index contributed by atoms with van der Waals surface area (Å²) in [6.45, 7) is 0. The number of rotatable bonds is 5.